The molecule has 9 nitrogen and oxygen atoms in total. The van der Waals surface area contributed by atoms with Crippen LogP contribution in [0.2, 0.25) is 0 Å². The molecule has 3 atom stereocenters. The average Bonchev–Trinajstić information content (AvgIpc) is 3.30. The van der Waals surface area contributed by atoms with Gasteiger partial charge in [-0.3, -0.25) is 23.9 Å². The van der Waals surface area contributed by atoms with E-state index in [2.05, 4.69) is 18.8 Å². The summed E-state index contributed by atoms with van der Waals surface area (Å²) in [7, 11) is 0. The summed E-state index contributed by atoms with van der Waals surface area (Å²) in [5.74, 6) is -0.625. The first-order valence-corrected chi connectivity index (χ1v) is 15.9. The van der Waals surface area contributed by atoms with E-state index in [1.165, 1.54) is 62.1 Å². The lowest BCUT2D eigenvalue weighted by Gasteiger charge is -2.19. The Hall–Kier alpha value is -1.69. The van der Waals surface area contributed by atoms with E-state index in [0.717, 1.165) is 38.5 Å². The van der Waals surface area contributed by atoms with Crippen molar-refractivity contribution < 1.29 is 23.8 Å². The molecule has 0 spiro atoms. The number of aromatic amines is 1. The minimum Gasteiger partial charge on any atom is -0.463 e. The zero-order chi connectivity index (χ0) is 28.5. The standard InChI is InChI=1S/C29H47IN2O7/c1-3-5-7-9-11-13-15-17-26(33)37-21-24-23(39-27(34)18-16-14-12-10-8-6-4-2)19-25(38-24)32-20-22(30)28(35)31-29(32)36/h20,23-25H,3-19,21H2,1-2H3,(H,31,35,36)/t23?,24-,25-/m0/s1. The van der Waals surface area contributed by atoms with Crippen LogP contribution in [-0.4, -0.2) is 40.3 Å². The number of ether oxygens (including phenoxy) is 3. The monoisotopic (exact) mass is 662 g/mol. The maximum Gasteiger partial charge on any atom is 0.330 e. The maximum atomic E-state index is 12.6. The lowest BCUT2D eigenvalue weighted by atomic mass is 10.1. The molecule has 1 aliphatic heterocycles. The molecule has 1 aromatic heterocycles. The summed E-state index contributed by atoms with van der Waals surface area (Å²) >= 11 is 1.85. The van der Waals surface area contributed by atoms with E-state index in [0.29, 0.717) is 16.4 Å². The number of H-pyrrole nitrogens is 1. The summed E-state index contributed by atoms with van der Waals surface area (Å²) in [6, 6.07) is 0. The second kappa shape index (κ2) is 19.4. The molecule has 1 unspecified atom stereocenters. The highest BCUT2D eigenvalue weighted by atomic mass is 127. The highest BCUT2D eigenvalue weighted by molar-refractivity contribution is 14.1. The molecule has 0 amide bonds. The minimum atomic E-state index is -0.744. The number of rotatable bonds is 20. The molecule has 2 heterocycles. The van der Waals surface area contributed by atoms with Crippen molar-refractivity contribution in [1.82, 2.24) is 9.55 Å². The number of unbranched alkanes of at least 4 members (excludes halogenated alkanes) is 12. The normalized spacial score (nSPS) is 18.8. The number of carbonyl (C=O) groups is 2. The molecule has 1 N–H and O–H groups in total. The molecule has 0 aromatic carbocycles. The van der Waals surface area contributed by atoms with Gasteiger partial charge in [-0.15, -0.1) is 0 Å². The van der Waals surface area contributed by atoms with E-state index in [1.54, 1.807) is 0 Å². The highest BCUT2D eigenvalue weighted by Gasteiger charge is 2.40. The number of esters is 2. The van der Waals surface area contributed by atoms with Crippen LogP contribution >= 0.6 is 22.6 Å². The van der Waals surface area contributed by atoms with Gasteiger partial charge in [-0.25, -0.2) is 4.79 Å². The Morgan fingerprint density at radius 1 is 0.897 bits per heavy atom. The third-order valence-corrected chi connectivity index (χ3v) is 7.84. The SMILES string of the molecule is CCCCCCCCCC(=O)OC[C@@H]1O[C@H](n2cc(I)c(=O)[nH]c2=O)CC1OC(=O)CCCCCCCCC. The molecule has 39 heavy (non-hydrogen) atoms. The van der Waals surface area contributed by atoms with Crippen LogP contribution in [0.3, 0.4) is 0 Å². The molecule has 1 saturated heterocycles. The zero-order valence-electron chi connectivity index (χ0n) is 23.7. The fraction of sp³-hybridized carbons (Fsp3) is 0.793. The van der Waals surface area contributed by atoms with Gasteiger partial charge in [0.1, 0.15) is 25.0 Å². The molecule has 0 bridgehead atoms. The number of carbonyl (C=O) groups excluding carboxylic acids is 2. The summed E-state index contributed by atoms with van der Waals surface area (Å²) in [5.41, 5.74) is -1.07. The summed E-state index contributed by atoms with van der Waals surface area (Å²) < 4.78 is 18.9. The van der Waals surface area contributed by atoms with Gasteiger partial charge in [0.2, 0.25) is 0 Å². The van der Waals surface area contributed by atoms with Gasteiger partial charge >= 0.3 is 17.6 Å². The molecule has 222 valence electrons. The van der Waals surface area contributed by atoms with Crippen molar-refractivity contribution in [3.8, 4) is 0 Å². The molecule has 1 fully saturated rings. The number of hydrogen-bond acceptors (Lipinski definition) is 7. The van der Waals surface area contributed by atoms with E-state index in [-0.39, 0.29) is 25.0 Å². The second-order valence-corrected chi connectivity index (χ2v) is 11.6. The number of aromatic nitrogens is 2. The largest absolute Gasteiger partial charge is 0.463 e. The summed E-state index contributed by atoms with van der Waals surface area (Å²) in [6.45, 7) is 4.32. The fourth-order valence-corrected chi connectivity index (χ4v) is 5.18. The average molecular weight is 663 g/mol. The van der Waals surface area contributed by atoms with Gasteiger partial charge in [0.05, 0.1) is 3.57 Å². The molecule has 1 aromatic rings. The zero-order valence-corrected chi connectivity index (χ0v) is 25.9. The van der Waals surface area contributed by atoms with Gasteiger partial charge in [0.25, 0.3) is 5.56 Å². The lowest BCUT2D eigenvalue weighted by molar-refractivity contribution is -0.158. The van der Waals surface area contributed by atoms with Gasteiger partial charge in [-0.2, -0.15) is 0 Å². The van der Waals surface area contributed by atoms with Crippen LogP contribution in [0.1, 0.15) is 129 Å². The van der Waals surface area contributed by atoms with Crippen molar-refractivity contribution in [3.05, 3.63) is 30.6 Å². The van der Waals surface area contributed by atoms with Crippen molar-refractivity contribution >= 4 is 34.5 Å². The van der Waals surface area contributed by atoms with Crippen molar-refractivity contribution in [3.63, 3.8) is 0 Å². The summed E-state index contributed by atoms with van der Waals surface area (Å²) in [6.07, 6.45) is 15.7. The Bertz CT molecular complexity index is 977. The first-order valence-electron chi connectivity index (χ1n) is 14.9. The quantitative estimate of drug-likeness (QED) is 0.101. The first-order chi connectivity index (χ1) is 18.8. The van der Waals surface area contributed by atoms with Gasteiger partial charge < -0.3 is 14.2 Å². The van der Waals surface area contributed by atoms with E-state index < -0.39 is 29.7 Å². The van der Waals surface area contributed by atoms with Gasteiger partial charge in [-0.1, -0.05) is 90.9 Å². The first kappa shape index (κ1) is 33.5. The van der Waals surface area contributed by atoms with Crippen molar-refractivity contribution in [2.75, 3.05) is 6.61 Å². The number of nitrogens with one attached hydrogen (secondary N) is 1. The second-order valence-electron chi connectivity index (χ2n) is 10.5. The molecule has 10 heteroatoms. The predicted molar refractivity (Wildman–Crippen MR) is 159 cm³/mol. The fourth-order valence-electron chi connectivity index (χ4n) is 4.75. The number of nitrogens with zero attached hydrogens (tertiary/aromatic N) is 1. The van der Waals surface area contributed by atoms with Crippen LogP contribution in [0.4, 0.5) is 0 Å². The minimum absolute atomic E-state index is 0.0591. The molecule has 0 saturated carbocycles. The van der Waals surface area contributed by atoms with Crippen LogP contribution in [0.5, 0.6) is 0 Å². The van der Waals surface area contributed by atoms with E-state index >= 15 is 0 Å². The van der Waals surface area contributed by atoms with Crippen molar-refractivity contribution in [1.29, 1.82) is 0 Å². The Kier molecular flexibility index (Phi) is 16.7. The van der Waals surface area contributed by atoms with Crippen molar-refractivity contribution in [2.45, 2.75) is 141 Å². The summed E-state index contributed by atoms with van der Waals surface area (Å²) in [5, 5.41) is 0. The van der Waals surface area contributed by atoms with E-state index in [9.17, 15) is 19.2 Å². The molecule has 1 aliphatic rings. The van der Waals surface area contributed by atoms with Gasteiger partial charge in [0.15, 0.2) is 0 Å². The smallest absolute Gasteiger partial charge is 0.330 e. The number of hydrogen-bond donors (Lipinski definition) is 1. The van der Waals surface area contributed by atoms with Gasteiger partial charge in [-0.05, 0) is 35.4 Å². The third kappa shape index (κ3) is 13.0. The Labute approximate surface area is 245 Å². The maximum absolute atomic E-state index is 12.6. The predicted octanol–water partition coefficient (Wildman–Crippen LogP) is 6.17. The van der Waals surface area contributed by atoms with Crippen molar-refractivity contribution in [2.24, 2.45) is 0 Å². The summed E-state index contributed by atoms with van der Waals surface area (Å²) in [4.78, 5) is 51.4. The van der Waals surface area contributed by atoms with E-state index in [1.807, 2.05) is 22.6 Å². The Morgan fingerprint density at radius 3 is 2.03 bits per heavy atom. The molecular formula is C29H47IN2O7. The topological polar surface area (TPSA) is 117 Å². The highest BCUT2D eigenvalue weighted by Crippen LogP contribution is 2.31. The molecule has 0 aliphatic carbocycles. The van der Waals surface area contributed by atoms with Gasteiger partial charge in [0, 0.05) is 25.5 Å². The molecule has 2 rings (SSSR count). The Balaban J connectivity index is 1.88. The van der Waals surface area contributed by atoms with Crippen LogP contribution in [0.15, 0.2) is 15.8 Å². The number of halogens is 1. The van der Waals surface area contributed by atoms with Crippen LogP contribution in [0, 0.1) is 3.57 Å². The molecular weight excluding hydrogens is 615 g/mol. The van der Waals surface area contributed by atoms with Crippen LogP contribution < -0.4 is 11.2 Å². The lowest BCUT2D eigenvalue weighted by Crippen LogP contribution is -2.34. The van der Waals surface area contributed by atoms with Crippen LogP contribution in [-0.2, 0) is 23.8 Å². The Morgan fingerprint density at radius 2 is 1.44 bits per heavy atom. The van der Waals surface area contributed by atoms with Crippen LogP contribution in [0.25, 0.3) is 0 Å². The van der Waals surface area contributed by atoms with E-state index in [4.69, 9.17) is 14.2 Å². The third-order valence-electron chi connectivity index (χ3n) is 7.08. The molecule has 0 radical (unpaired) electrons.